The topological polar surface area (TPSA) is 38.4 Å². The van der Waals surface area contributed by atoms with Gasteiger partial charge >= 0.3 is 0 Å². The molecule has 2 nitrogen and oxygen atoms in total. The van der Waals surface area contributed by atoms with Gasteiger partial charge in [-0.25, -0.2) is 0 Å². The fourth-order valence-electron chi connectivity index (χ4n) is 1.26. The minimum absolute atomic E-state index is 1.01. The maximum absolute atomic E-state index is 5.21. The number of rotatable bonds is 2. The summed E-state index contributed by atoms with van der Waals surface area (Å²) < 4.78 is 0. The van der Waals surface area contributed by atoms with Crippen LogP contribution in [0.3, 0.4) is 0 Å². The summed E-state index contributed by atoms with van der Waals surface area (Å²) in [6, 6.07) is 4.24. The van der Waals surface area contributed by atoms with Gasteiger partial charge in [-0.2, -0.15) is 0 Å². The molecule has 2 N–H and O–H groups in total. The number of aliphatic imine (C=N–C) groups is 1. The Balaban J connectivity index is 3.04. The number of benzene rings is 1. The first kappa shape index (κ1) is 10.5. The van der Waals surface area contributed by atoms with Gasteiger partial charge in [0.2, 0.25) is 0 Å². The van der Waals surface area contributed by atoms with E-state index in [9.17, 15) is 0 Å². The molecule has 0 aromatic heterocycles. The first-order valence-corrected chi connectivity index (χ1v) is 4.64. The van der Waals surface area contributed by atoms with E-state index in [0.717, 1.165) is 5.69 Å². The molecule has 1 rings (SSSR count). The fourth-order valence-corrected chi connectivity index (χ4v) is 1.26. The minimum Gasteiger partial charge on any atom is -0.405 e. The maximum atomic E-state index is 5.21. The van der Waals surface area contributed by atoms with Gasteiger partial charge in [0.05, 0.1) is 5.69 Å². The molecule has 0 heterocycles. The predicted molar refractivity (Wildman–Crippen MR) is 62.1 cm³/mol. The fraction of sp³-hybridized carbons (Fsp3) is 0.250. The number of aryl methyl sites for hydroxylation is 3. The molecular weight excluding hydrogens is 172 g/mol. The maximum Gasteiger partial charge on any atom is 0.0661 e. The molecule has 0 spiro atoms. The van der Waals surface area contributed by atoms with Crippen molar-refractivity contribution in [2.45, 2.75) is 20.8 Å². The molecular formula is C12H16N2. The average molecular weight is 188 g/mol. The second kappa shape index (κ2) is 4.61. The Hall–Kier alpha value is -1.57. The van der Waals surface area contributed by atoms with Crippen LogP contribution in [-0.4, -0.2) is 6.21 Å². The van der Waals surface area contributed by atoms with Gasteiger partial charge in [-0.1, -0.05) is 6.07 Å². The third-order valence-corrected chi connectivity index (χ3v) is 2.22. The summed E-state index contributed by atoms with van der Waals surface area (Å²) in [5, 5.41) is 0. The number of hydrogen-bond acceptors (Lipinski definition) is 2. The van der Waals surface area contributed by atoms with Crippen molar-refractivity contribution in [3.05, 3.63) is 41.1 Å². The van der Waals surface area contributed by atoms with Crippen molar-refractivity contribution in [1.82, 2.24) is 0 Å². The smallest absolute Gasteiger partial charge is 0.0661 e. The molecule has 0 aliphatic heterocycles. The van der Waals surface area contributed by atoms with Gasteiger partial charge < -0.3 is 5.73 Å². The molecule has 0 amide bonds. The first-order valence-electron chi connectivity index (χ1n) is 4.64. The number of nitrogens with two attached hydrogens (primary N) is 1. The van der Waals surface area contributed by atoms with E-state index in [-0.39, 0.29) is 0 Å². The van der Waals surface area contributed by atoms with E-state index in [0.29, 0.717) is 0 Å². The summed E-state index contributed by atoms with van der Waals surface area (Å²) in [5.74, 6) is 0. The Morgan fingerprint density at radius 3 is 2.36 bits per heavy atom. The van der Waals surface area contributed by atoms with Crippen molar-refractivity contribution in [1.29, 1.82) is 0 Å². The molecule has 14 heavy (non-hydrogen) atoms. The first-order chi connectivity index (χ1) is 6.65. The minimum atomic E-state index is 1.01. The van der Waals surface area contributed by atoms with Gasteiger partial charge in [-0.15, -0.1) is 0 Å². The zero-order valence-electron chi connectivity index (χ0n) is 8.91. The lowest BCUT2D eigenvalue weighted by molar-refractivity contribution is 1.28. The molecule has 0 saturated carbocycles. The highest BCUT2D eigenvalue weighted by Crippen LogP contribution is 2.22. The summed E-state index contributed by atoms with van der Waals surface area (Å²) in [7, 11) is 0. The highest BCUT2D eigenvalue weighted by atomic mass is 14.7. The molecule has 0 bridgehead atoms. The van der Waals surface area contributed by atoms with Crippen molar-refractivity contribution < 1.29 is 0 Å². The largest absolute Gasteiger partial charge is 0.405 e. The van der Waals surface area contributed by atoms with E-state index in [1.54, 1.807) is 12.3 Å². The summed E-state index contributed by atoms with van der Waals surface area (Å²) in [6.45, 7) is 6.26. The second-order valence-corrected chi connectivity index (χ2v) is 3.39. The van der Waals surface area contributed by atoms with Crippen molar-refractivity contribution in [3.8, 4) is 0 Å². The Kier molecular flexibility index (Phi) is 3.46. The van der Waals surface area contributed by atoms with E-state index in [1.807, 2.05) is 0 Å². The van der Waals surface area contributed by atoms with Crippen molar-refractivity contribution in [3.63, 3.8) is 0 Å². The molecule has 0 aliphatic carbocycles. The van der Waals surface area contributed by atoms with Crippen LogP contribution in [0, 0.1) is 20.8 Å². The van der Waals surface area contributed by atoms with Crippen molar-refractivity contribution >= 4 is 11.9 Å². The SMILES string of the molecule is Cc1cc(C)c(N=CC=CN)cc1C. The van der Waals surface area contributed by atoms with Crippen LogP contribution in [0.1, 0.15) is 16.7 Å². The quantitative estimate of drug-likeness (QED) is 0.712. The average Bonchev–Trinajstić information content (AvgIpc) is 2.14. The molecule has 1 aromatic carbocycles. The summed E-state index contributed by atoms with van der Waals surface area (Å²) in [5.41, 5.74) is 9.97. The normalized spacial score (nSPS) is 11.6. The van der Waals surface area contributed by atoms with Crippen LogP contribution in [0.15, 0.2) is 29.4 Å². The third-order valence-electron chi connectivity index (χ3n) is 2.22. The second-order valence-electron chi connectivity index (χ2n) is 3.39. The zero-order chi connectivity index (χ0) is 10.6. The Labute approximate surface area is 85.2 Å². The highest BCUT2D eigenvalue weighted by molar-refractivity contribution is 5.75. The molecule has 0 atom stereocenters. The van der Waals surface area contributed by atoms with Crippen LogP contribution in [-0.2, 0) is 0 Å². The van der Waals surface area contributed by atoms with E-state index >= 15 is 0 Å². The third kappa shape index (κ3) is 2.46. The molecule has 2 heteroatoms. The van der Waals surface area contributed by atoms with Crippen LogP contribution in [0.2, 0.25) is 0 Å². The van der Waals surface area contributed by atoms with Gasteiger partial charge in [0.15, 0.2) is 0 Å². The lowest BCUT2D eigenvalue weighted by Gasteiger charge is -2.04. The van der Waals surface area contributed by atoms with Gasteiger partial charge in [-0.3, -0.25) is 4.99 Å². The molecule has 0 fully saturated rings. The van der Waals surface area contributed by atoms with Crippen LogP contribution < -0.4 is 5.73 Å². The van der Waals surface area contributed by atoms with Crippen LogP contribution in [0.4, 0.5) is 5.69 Å². The summed E-state index contributed by atoms with van der Waals surface area (Å²) in [4.78, 5) is 4.31. The van der Waals surface area contributed by atoms with Crippen molar-refractivity contribution in [2.24, 2.45) is 10.7 Å². The standard InChI is InChI=1S/C12H16N2/c1-9-7-11(3)12(8-10(9)2)14-6-4-5-13/h4-8H,13H2,1-3H3. The predicted octanol–water partition coefficient (Wildman–Crippen LogP) is 2.79. The molecule has 0 saturated heterocycles. The molecule has 0 unspecified atom stereocenters. The lowest BCUT2D eigenvalue weighted by atomic mass is 10.1. The number of allylic oxidation sites excluding steroid dienone is 1. The van der Waals surface area contributed by atoms with Gasteiger partial charge in [0.1, 0.15) is 0 Å². The highest BCUT2D eigenvalue weighted by Gasteiger charge is 1.98. The van der Waals surface area contributed by atoms with Crippen LogP contribution in [0.25, 0.3) is 0 Å². The molecule has 0 radical (unpaired) electrons. The monoisotopic (exact) mass is 188 g/mol. The number of nitrogens with zero attached hydrogens (tertiary/aromatic N) is 1. The molecule has 0 aliphatic rings. The Morgan fingerprint density at radius 2 is 1.71 bits per heavy atom. The van der Waals surface area contributed by atoms with E-state index in [2.05, 4.69) is 37.9 Å². The lowest BCUT2D eigenvalue weighted by Crippen LogP contribution is -1.84. The van der Waals surface area contributed by atoms with Crippen LogP contribution >= 0.6 is 0 Å². The van der Waals surface area contributed by atoms with Gasteiger partial charge in [0, 0.05) is 6.21 Å². The summed E-state index contributed by atoms with van der Waals surface area (Å²) in [6.07, 6.45) is 4.89. The Bertz CT molecular complexity index is 376. The zero-order valence-corrected chi connectivity index (χ0v) is 8.91. The van der Waals surface area contributed by atoms with Crippen LogP contribution in [0.5, 0.6) is 0 Å². The summed E-state index contributed by atoms with van der Waals surface area (Å²) >= 11 is 0. The van der Waals surface area contributed by atoms with E-state index in [4.69, 9.17) is 5.73 Å². The Morgan fingerprint density at radius 1 is 1.07 bits per heavy atom. The van der Waals surface area contributed by atoms with Crippen molar-refractivity contribution in [2.75, 3.05) is 0 Å². The van der Waals surface area contributed by atoms with E-state index in [1.165, 1.54) is 22.9 Å². The van der Waals surface area contributed by atoms with Gasteiger partial charge in [-0.05, 0) is 55.8 Å². The van der Waals surface area contributed by atoms with Gasteiger partial charge in [0.25, 0.3) is 0 Å². The van der Waals surface area contributed by atoms with E-state index < -0.39 is 0 Å². The number of hydrogen-bond donors (Lipinski definition) is 1. The molecule has 1 aromatic rings. The molecule has 74 valence electrons.